The summed E-state index contributed by atoms with van der Waals surface area (Å²) in [7, 11) is 0. The first kappa shape index (κ1) is 13.0. The Kier molecular flexibility index (Phi) is 4.03. The van der Waals surface area contributed by atoms with Crippen molar-refractivity contribution in [2.45, 2.75) is 6.92 Å². The largest absolute Gasteiger partial charge is 0.480 e. The molecule has 0 aliphatic rings. The van der Waals surface area contributed by atoms with Gasteiger partial charge in [-0.15, -0.1) is 0 Å². The van der Waals surface area contributed by atoms with Crippen molar-refractivity contribution in [2.75, 3.05) is 18.0 Å². The number of amides is 1. The van der Waals surface area contributed by atoms with Crippen molar-refractivity contribution in [3.63, 3.8) is 0 Å². The van der Waals surface area contributed by atoms with Crippen LogP contribution in [0.25, 0.3) is 0 Å². The molecule has 0 radical (unpaired) electrons. The maximum atomic E-state index is 13.0. The van der Waals surface area contributed by atoms with Gasteiger partial charge in [-0.05, 0) is 25.1 Å². The molecule has 0 atom stereocenters. The molecule has 5 nitrogen and oxygen atoms in total. The Balaban J connectivity index is 3.18. The number of nitrogens with two attached hydrogens (primary N) is 1. The van der Waals surface area contributed by atoms with Crippen molar-refractivity contribution in [1.82, 2.24) is 0 Å². The fraction of sp³-hybridized carbons (Fsp3) is 0.273. The van der Waals surface area contributed by atoms with Crippen molar-refractivity contribution < 1.29 is 19.1 Å². The third kappa shape index (κ3) is 3.17. The van der Waals surface area contributed by atoms with Crippen LogP contribution in [0.3, 0.4) is 0 Å². The van der Waals surface area contributed by atoms with Crippen LogP contribution in [0.15, 0.2) is 18.2 Å². The van der Waals surface area contributed by atoms with Gasteiger partial charge in [-0.2, -0.15) is 0 Å². The van der Waals surface area contributed by atoms with Gasteiger partial charge in [-0.1, -0.05) is 0 Å². The van der Waals surface area contributed by atoms with Gasteiger partial charge in [-0.25, -0.2) is 4.39 Å². The zero-order valence-corrected chi connectivity index (χ0v) is 9.31. The summed E-state index contributed by atoms with van der Waals surface area (Å²) < 4.78 is 13.0. The molecule has 0 heterocycles. The van der Waals surface area contributed by atoms with E-state index >= 15 is 0 Å². The van der Waals surface area contributed by atoms with E-state index in [1.54, 1.807) is 6.92 Å². The van der Waals surface area contributed by atoms with Crippen molar-refractivity contribution in [1.29, 1.82) is 0 Å². The minimum absolute atomic E-state index is 0.0203. The van der Waals surface area contributed by atoms with Crippen LogP contribution in [0.5, 0.6) is 0 Å². The first-order chi connectivity index (χ1) is 7.95. The van der Waals surface area contributed by atoms with Gasteiger partial charge in [0.05, 0.1) is 11.3 Å². The molecule has 0 saturated carbocycles. The third-order valence-electron chi connectivity index (χ3n) is 2.27. The van der Waals surface area contributed by atoms with E-state index in [4.69, 9.17) is 10.8 Å². The van der Waals surface area contributed by atoms with Gasteiger partial charge in [0.25, 0.3) is 5.91 Å². The van der Waals surface area contributed by atoms with Crippen LogP contribution < -0.4 is 10.6 Å². The summed E-state index contributed by atoms with van der Waals surface area (Å²) in [6, 6.07) is 3.51. The van der Waals surface area contributed by atoms with Crippen LogP contribution in [-0.4, -0.2) is 30.1 Å². The molecule has 1 aromatic rings. The highest BCUT2D eigenvalue weighted by Gasteiger charge is 2.16. The molecule has 0 aliphatic heterocycles. The van der Waals surface area contributed by atoms with Crippen molar-refractivity contribution >= 4 is 17.6 Å². The fourth-order valence-electron chi connectivity index (χ4n) is 1.51. The summed E-state index contributed by atoms with van der Waals surface area (Å²) in [6.45, 7) is 1.83. The quantitative estimate of drug-likeness (QED) is 0.798. The fourth-order valence-corrected chi connectivity index (χ4v) is 1.51. The number of aliphatic carboxylic acids is 1. The summed E-state index contributed by atoms with van der Waals surface area (Å²) in [5.41, 5.74) is 5.43. The van der Waals surface area contributed by atoms with Gasteiger partial charge in [0, 0.05) is 6.54 Å². The highest BCUT2D eigenvalue weighted by molar-refractivity contribution is 5.99. The number of carboxylic acids is 1. The van der Waals surface area contributed by atoms with Gasteiger partial charge in [-0.3, -0.25) is 9.59 Å². The van der Waals surface area contributed by atoms with E-state index in [1.165, 1.54) is 11.0 Å². The normalized spacial score (nSPS) is 10.0. The van der Waals surface area contributed by atoms with Crippen LogP contribution in [0.4, 0.5) is 10.1 Å². The highest BCUT2D eigenvalue weighted by atomic mass is 19.1. The standard InChI is InChI=1S/C11H13FN2O3/c1-2-14(6-10(15)16)9-4-3-7(12)5-8(9)11(13)17/h3-5H,2,6H2,1H3,(H2,13,17)(H,15,16). The molecule has 0 aromatic heterocycles. The Bertz CT molecular complexity index is 448. The second-order valence-corrected chi connectivity index (χ2v) is 3.43. The van der Waals surface area contributed by atoms with Crippen molar-refractivity contribution in [3.8, 4) is 0 Å². The van der Waals surface area contributed by atoms with Crippen LogP contribution in [0.2, 0.25) is 0 Å². The number of benzene rings is 1. The zero-order chi connectivity index (χ0) is 13.0. The number of carbonyl (C=O) groups excluding carboxylic acids is 1. The Labute approximate surface area is 97.6 Å². The smallest absolute Gasteiger partial charge is 0.323 e. The number of rotatable bonds is 5. The van der Waals surface area contributed by atoms with E-state index in [2.05, 4.69) is 0 Å². The molecule has 0 unspecified atom stereocenters. The van der Waals surface area contributed by atoms with E-state index in [-0.39, 0.29) is 12.1 Å². The molecule has 92 valence electrons. The summed E-state index contributed by atoms with van der Waals surface area (Å²) in [6.07, 6.45) is 0. The number of likely N-dealkylation sites (N-methyl/N-ethyl adjacent to an activating group) is 1. The number of hydrogen-bond donors (Lipinski definition) is 2. The predicted octanol–water partition coefficient (Wildman–Crippen LogP) is 0.835. The first-order valence-corrected chi connectivity index (χ1v) is 5.01. The number of nitrogens with zero attached hydrogens (tertiary/aromatic N) is 1. The average molecular weight is 240 g/mol. The minimum Gasteiger partial charge on any atom is -0.480 e. The van der Waals surface area contributed by atoms with Crippen LogP contribution in [-0.2, 0) is 4.79 Å². The number of hydrogen-bond acceptors (Lipinski definition) is 3. The lowest BCUT2D eigenvalue weighted by atomic mass is 10.1. The van der Waals surface area contributed by atoms with Gasteiger partial charge < -0.3 is 15.7 Å². The van der Waals surface area contributed by atoms with E-state index in [1.807, 2.05) is 0 Å². The molecule has 1 aromatic carbocycles. The van der Waals surface area contributed by atoms with Gasteiger partial charge in [0.2, 0.25) is 0 Å². The highest BCUT2D eigenvalue weighted by Crippen LogP contribution is 2.21. The van der Waals surface area contributed by atoms with Gasteiger partial charge >= 0.3 is 5.97 Å². The Hall–Kier alpha value is -2.11. The topological polar surface area (TPSA) is 83.6 Å². The zero-order valence-electron chi connectivity index (χ0n) is 9.31. The van der Waals surface area contributed by atoms with Crippen LogP contribution in [0, 0.1) is 5.82 Å². The number of halogens is 1. The molecule has 3 N–H and O–H groups in total. The van der Waals surface area contributed by atoms with Crippen molar-refractivity contribution in [3.05, 3.63) is 29.6 Å². The first-order valence-electron chi connectivity index (χ1n) is 5.01. The Morgan fingerprint density at radius 1 is 1.47 bits per heavy atom. The summed E-state index contributed by atoms with van der Waals surface area (Å²) in [4.78, 5) is 23.3. The monoisotopic (exact) mass is 240 g/mol. The molecular weight excluding hydrogens is 227 g/mol. The van der Waals surface area contributed by atoms with Crippen LogP contribution >= 0.6 is 0 Å². The molecule has 17 heavy (non-hydrogen) atoms. The summed E-state index contributed by atoms with van der Waals surface area (Å²) >= 11 is 0. The summed E-state index contributed by atoms with van der Waals surface area (Å²) in [5, 5.41) is 8.73. The average Bonchev–Trinajstić information content (AvgIpc) is 2.25. The van der Waals surface area contributed by atoms with Gasteiger partial charge in [0.1, 0.15) is 12.4 Å². The second-order valence-electron chi connectivity index (χ2n) is 3.43. The molecule has 0 aliphatic carbocycles. The van der Waals surface area contributed by atoms with E-state index in [9.17, 15) is 14.0 Å². The molecule has 0 saturated heterocycles. The lowest BCUT2D eigenvalue weighted by Gasteiger charge is -2.22. The van der Waals surface area contributed by atoms with Gasteiger partial charge in [0.15, 0.2) is 0 Å². The van der Waals surface area contributed by atoms with E-state index in [0.717, 1.165) is 12.1 Å². The van der Waals surface area contributed by atoms with Crippen LogP contribution in [0.1, 0.15) is 17.3 Å². The summed E-state index contributed by atoms with van der Waals surface area (Å²) in [5.74, 6) is -2.41. The molecule has 1 amide bonds. The predicted molar refractivity (Wildman–Crippen MR) is 60.4 cm³/mol. The maximum absolute atomic E-state index is 13.0. The van der Waals surface area contributed by atoms with E-state index < -0.39 is 17.7 Å². The molecule has 0 spiro atoms. The minimum atomic E-state index is -1.04. The maximum Gasteiger partial charge on any atom is 0.323 e. The Morgan fingerprint density at radius 3 is 2.59 bits per heavy atom. The molecule has 6 heteroatoms. The lowest BCUT2D eigenvalue weighted by Crippen LogP contribution is -2.31. The van der Waals surface area contributed by atoms with E-state index in [0.29, 0.717) is 12.2 Å². The molecule has 0 bridgehead atoms. The molecule has 1 rings (SSSR count). The third-order valence-corrected chi connectivity index (χ3v) is 2.27. The number of carboxylic acid groups (broad SMARTS) is 1. The number of anilines is 1. The number of carbonyl (C=O) groups is 2. The Morgan fingerprint density at radius 2 is 2.12 bits per heavy atom. The number of primary amides is 1. The molecular formula is C11H13FN2O3. The van der Waals surface area contributed by atoms with Crippen molar-refractivity contribution in [2.24, 2.45) is 5.73 Å². The lowest BCUT2D eigenvalue weighted by molar-refractivity contribution is -0.135. The second kappa shape index (κ2) is 5.29. The molecule has 0 fully saturated rings. The SMILES string of the molecule is CCN(CC(=O)O)c1ccc(F)cc1C(N)=O.